The summed E-state index contributed by atoms with van der Waals surface area (Å²) in [6, 6.07) is 0. The topological polar surface area (TPSA) is 51.0 Å². The Morgan fingerprint density at radius 2 is 2.00 bits per heavy atom. The number of oxime groups is 1. The van der Waals surface area contributed by atoms with Crippen molar-refractivity contribution in [1.29, 1.82) is 0 Å². The van der Waals surface area contributed by atoms with Crippen LogP contribution in [0.25, 0.3) is 0 Å². The molecule has 0 aromatic carbocycles. The fraction of sp³-hybridized carbons (Fsp3) is 0.933. The molecule has 1 heterocycles. The van der Waals surface area contributed by atoms with Crippen molar-refractivity contribution >= 4 is 14.0 Å². The van der Waals surface area contributed by atoms with E-state index in [1.165, 1.54) is 0 Å². The molecule has 118 valence electrons. The van der Waals surface area contributed by atoms with E-state index in [0.29, 0.717) is 6.61 Å². The summed E-state index contributed by atoms with van der Waals surface area (Å²) in [6.07, 6.45) is 0.828. The van der Waals surface area contributed by atoms with E-state index < -0.39 is 8.32 Å². The predicted octanol–water partition coefficient (Wildman–Crippen LogP) is 3.42. The molecule has 0 fully saturated rings. The molecule has 3 atom stereocenters. The maximum Gasteiger partial charge on any atom is 0.192 e. The fourth-order valence-electron chi connectivity index (χ4n) is 1.78. The van der Waals surface area contributed by atoms with Crippen LogP contribution in [0.1, 0.15) is 41.0 Å². The van der Waals surface area contributed by atoms with Crippen LogP contribution < -0.4 is 0 Å². The van der Waals surface area contributed by atoms with Gasteiger partial charge in [0.1, 0.15) is 6.10 Å². The van der Waals surface area contributed by atoms with Gasteiger partial charge in [-0.3, -0.25) is 0 Å². The van der Waals surface area contributed by atoms with Gasteiger partial charge in [-0.25, -0.2) is 0 Å². The van der Waals surface area contributed by atoms with Gasteiger partial charge < -0.3 is 14.4 Å². The summed E-state index contributed by atoms with van der Waals surface area (Å²) in [6.45, 7) is 16.3. The van der Waals surface area contributed by atoms with E-state index in [-0.39, 0.29) is 29.6 Å². The van der Waals surface area contributed by atoms with Crippen molar-refractivity contribution in [3.63, 3.8) is 0 Å². The average Bonchev–Trinajstić information content (AvgIpc) is 2.83. The molecule has 0 unspecified atom stereocenters. The van der Waals surface area contributed by atoms with Crippen LogP contribution in [0.5, 0.6) is 0 Å². The minimum Gasteiger partial charge on any atom is -0.416 e. The van der Waals surface area contributed by atoms with Crippen molar-refractivity contribution in [1.82, 2.24) is 0 Å². The quantitative estimate of drug-likeness (QED) is 0.765. The first-order chi connectivity index (χ1) is 9.08. The van der Waals surface area contributed by atoms with E-state index in [1.54, 1.807) is 0 Å². The maximum atomic E-state index is 9.17. The zero-order chi connectivity index (χ0) is 15.6. The van der Waals surface area contributed by atoms with Crippen molar-refractivity contribution in [2.75, 3.05) is 13.2 Å². The number of hydrogen-bond donors (Lipinski definition) is 1. The Morgan fingerprint density at radius 1 is 1.40 bits per heavy atom. The van der Waals surface area contributed by atoms with E-state index in [4.69, 9.17) is 14.4 Å². The van der Waals surface area contributed by atoms with Crippen molar-refractivity contribution in [2.45, 2.75) is 65.3 Å². The zero-order valence-electron chi connectivity index (χ0n) is 14.1. The molecular weight excluding hydrogens is 270 g/mol. The molecule has 0 aromatic rings. The van der Waals surface area contributed by atoms with Gasteiger partial charge in [0, 0.05) is 31.5 Å². The second-order valence-corrected chi connectivity index (χ2v) is 12.4. The third kappa shape index (κ3) is 4.30. The number of hydrogen-bond acceptors (Lipinski definition) is 4. The maximum absolute atomic E-state index is 9.17. The largest absolute Gasteiger partial charge is 0.416 e. The van der Waals surface area contributed by atoms with Gasteiger partial charge in [0.2, 0.25) is 0 Å². The molecule has 4 nitrogen and oxygen atoms in total. The zero-order valence-corrected chi connectivity index (χ0v) is 15.1. The summed E-state index contributed by atoms with van der Waals surface area (Å²) in [5.74, 6) is 0.407. The number of aliphatic hydroxyl groups excluding tert-OH is 1. The first-order valence-corrected chi connectivity index (χ1v) is 10.5. The van der Waals surface area contributed by atoms with Crippen LogP contribution in [0, 0.1) is 11.8 Å². The molecule has 0 saturated heterocycles. The molecule has 0 bridgehead atoms. The monoisotopic (exact) mass is 301 g/mol. The second kappa shape index (κ2) is 6.58. The smallest absolute Gasteiger partial charge is 0.192 e. The third-order valence-electron chi connectivity index (χ3n) is 4.71. The van der Waals surface area contributed by atoms with Gasteiger partial charge in [-0.15, -0.1) is 0 Å². The van der Waals surface area contributed by atoms with E-state index in [1.807, 2.05) is 6.92 Å². The number of rotatable bonds is 6. The SMILES string of the molecule is C[C@H](CO[Si](C)(C)C(C)(C)C)C1=NO[C@H]([C@H](C)CO)C1. The molecule has 20 heavy (non-hydrogen) atoms. The molecule has 0 saturated carbocycles. The Morgan fingerprint density at radius 3 is 2.50 bits per heavy atom. The minimum atomic E-state index is -1.70. The van der Waals surface area contributed by atoms with E-state index >= 15 is 0 Å². The fourth-order valence-corrected chi connectivity index (χ4v) is 2.88. The first-order valence-electron chi connectivity index (χ1n) is 7.56. The normalized spacial score (nSPS) is 23.2. The van der Waals surface area contributed by atoms with Crippen molar-refractivity contribution in [3.8, 4) is 0 Å². The summed E-state index contributed by atoms with van der Waals surface area (Å²) in [4.78, 5) is 5.42. The lowest BCUT2D eigenvalue weighted by Gasteiger charge is -2.36. The van der Waals surface area contributed by atoms with Gasteiger partial charge in [0.15, 0.2) is 8.32 Å². The highest BCUT2D eigenvalue weighted by molar-refractivity contribution is 6.74. The van der Waals surface area contributed by atoms with Gasteiger partial charge in [-0.1, -0.05) is 39.8 Å². The molecule has 1 N–H and O–H groups in total. The van der Waals surface area contributed by atoms with Crippen LogP contribution in [0.2, 0.25) is 18.1 Å². The van der Waals surface area contributed by atoms with Crippen LogP contribution in [0.4, 0.5) is 0 Å². The van der Waals surface area contributed by atoms with E-state index in [0.717, 1.165) is 12.1 Å². The molecule has 1 rings (SSSR count). The van der Waals surface area contributed by atoms with Crippen LogP contribution in [0.15, 0.2) is 5.16 Å². The van der Waals surface area contributed by atoms with Crippen molar-refractivity contribution in [2.24, 2.45) is 17.0 Å². The molecule has 1 aliphatic heterocycles. The highest BCUT2D eigenvalue weighted by Gasteiger charge is 2.38. The minimum absolute atomic E-state index is 0.0188. The lowest BCUT2D eigenvalue weighted by atomic mass is 9.96. The second-order valence-electron chi connectivity index (χ2n) is 7.56. The molecule has 1 aliphatic rings. The summed E-state index contributed by atoms with van der Waals surface area (Å²) in [5.41, 5.74) is 1.06. The molecule has 0 amide bonds. The standard InChI is InChI=1S/C15H31NO3Si/c1-11(9-17)14-8-13(16-19-14)12(2)10-18-20(6,7)15(3,4)5/h11-12,14,17H,8-10H2,1-7H3/t11-,12-,14+/m1/s1. The lowest BCUT2D eigenvalue weighted by Crippen LogP contribution is -2.42. The number of aliphatic hydroxyl groups is 1. The van der Waals surface area contributed by atoms with Crippen LogP contribution in [-0.4, -0.2) is 38.5 Å². The molecule has 0 aliphatic carbocycles. The summed E-state index contributed by atoms with van der Waals surface area (Å²) >= 11 is 0. The Bertz CT molecular complexity index is 350. The highest BCUT2D eigenvalue weighted by Crippen LogP contribution is 2.37. The molecule has 0 radical (unpaired) electrons. The predicted molar refractivity (Wildman–Crippen MR) is 85.5 cm³/mol. The Labute approximate surface area is 124 Å². The van der Waals surface area contributed by atoms with Crippen molar-refractivity contribution in [3.05, 3.63) is 0 Å². The summed E-state index contributed by atoms with van der Waals surface area (Å²) in [5, 5.41) is 13.6. The van der Waals surface area contributed by atoms with E-state index in [2.05, 4.69) is 45.9 Å². The summed E-state index contributed by atoms with van der Waals surface area (Å²) in [7, 11) is -1.70. The van der Waals surface area contributed by atoms with Gasteiger partial charge >= 0.3 is 0 Å². The molecular formula is C15H31NO3Si. The van der Waals surface area contributed by atoms with Crippen LogP contribution in [-0.2, 0) is 9.26 Å². The van der Waals surface area contributed by atoms with Gasteiger partial charge in [0.05, 0.1) is 5.71 Å². The van der Waals surface area contributed by atoms with Crippen LogP contribution >= 0.6 is 0 Å². The lowest BCUT2D eigenvalue weighted by molar-refractivity contribution is 0.0249. The Balaban J connectivity index is 2.47. The average molecular weight is 302 g/mol. The van der Waals surface area contributed by atoms with Crippen molar-refractivity contribution < 1.29 is 14.4 Å². The number of nitrogens with zero attached hydrogens (tertiary/aromatic N) is 1. The van der Waals surface area contributed by atoms with E-state index in [9.17, 15) is 0 Å². The van der Waals surface area contributed by atoms with Crippen LogP contribution in [0.3, 0.4) is 0 Å². The van der Waals surface area contributed by atoms with Gasteiger partial charge in [-0.2, -0.15) is 0 Å². The van der Waals surface area contributed by atoms with Gasteiger partial charge in [-0.05, 0) is 18.1 Å². The van der Waals surface area contributed by atoms with Gasteiger partial charge in [0.25, 0.3) is 0 Å². The highest BCUT2D eigenvalue weighted by atomic mass is 28.4. The first kappa shape index (κ1) is 17.7. The molecule has 5 heteroatoms. The molecule has 0 aromatic heterocycles. The third-order valence-corrected chi connectivity index (χ3v) is 9.21. The summed E-state index contributed by atoms with van der Waals surface area (Å²) < 4.78 is 6.24. The Hall–Kier alpha value is -0.393. The molecule has 0 spiro atoms. The Kier molecular flexibility index (Phi) is 5.81.